The molecular weight excluding hydrogens is 190 g/mol. The van der Waals surface area contributed by atoms with Gasteiger partial charge in [-0.2, -0.15) is 10.2 Å². The number of aromatic nitrogens is 2. The van der Waals surface area contributed by atoms with Crippen LogP contribution in [-0.2, 0) is 4.79 Å². The fourth-order valence-corrected chi connectivity index (χ4v) is 1.46. The van der Waals surface area contributed by atoms with E-state index in [1.54, 1.807) is 0 Å². The molecule has 1 aromatic heterocycles. The number of nitrogens with zero attached hydrogens (tertiary/aromatic N) is 2. The van der Waals surface area contributed by atoms with Crippen molar-refractivity contribution in [2.24, 2.45) is 0 Å². The lowest BCUT2D eigenvalue weighted by atomic mass is 10.2. The molecule has 4 nitrogen and oxygen atoms in total. The average Bonchev–Trinajstić information content (AvgIpc) is 2.18. The van der Waals surface area contributed by atoms with Gasteiger partial charge in [-0.25, -0.2) is 0 Å². The summed E-state index contributed by atoms with van der Waals surface area (Å²) in [6, 6.07) is 7.48. The van der Waals surface area contributed by atoms with E-state index in [9.17, 15) is 4.79 Å². The molecule has 1 aromatic carbocycles. The van der Waals surface area contributed by atoms with Gasteiger partial charge in [-0.1, -0.05) is 6.07 Å². The van der Waals surface area contributed by atoms with Crippen molar-refractivity contribution in [2.45, 2.75) is 13.8 Å². The molecule has 4 heteroatoms. The van der Waals surface area contributed by atoms with Crippen molar-refractivity contribution in [2.75, 3.05) is 5.32 Å². The highest BCUT2D eigenvalue weighted by atomic mass is 16.1. The van der Waals surface area contributed by atoms with E-state index < -0.39 is 0 Å². The van der Waals surface area contributed by atoms with Crippen LogP contribution in [0.1, 0.15) is 12.6 Å². The van der Waals surface area contributed by atoms with Crippen molar-refractivity contribution < 1.29 is 4.79 Å². The second-order valence-electron chi connectivity index (χ2n) is 3.41. The summed E-state index contributed by atoms with van der Waals surface area (Å²) >= 11 is 0. The number of carbonyl (C=O) groups is 1. The van der Waals surface area contributed by atoms with Crippen molar-refractivity contribution in [3.8, 4) is 0 Å². The Kier molecular flexibility index (Phi) is 2.33. The fourth-order valence-electron chi connectivity index (χ4n) is 1.46. The normalized spacial score (nSPS) is 10.3. The monoisotopic (exact) mass is 201 g/mol. The lowest BCUT2D eigenvalue weighted by Gasteiger charge is -2.05. The van der Waals surface area contributed by atoms with E-state index in [2.05, 4.69) is 15.5 Å². The standard InChI is InChI=1S/C11H11N3O/c1-7-6-9-10(12-8(2)15)4-3-5-11(9)14-13-7/h3-6H,1-2H3,(H,12,15). The van der Waals surface area contributed by atoms with Gasteiger partial charge in [0.25, 0.3) is 0 Å². The highest BCUT2D eigenvalue weighted by Gasteiger charge is 2.03. The summed E-state index contributed by atoms with van der Waals surface area (Å²) in [5.74, 6) is -0.0861. The Balaban J connectivity index is 2.63. The first-order valence-corrected chi connectivity index (χ1v) is 4.67. The SMILES string of the molecule is CC(=O)Nc1cccc2nnc(C)cc12. The molecule has 76 valence electrons. The van der Waals surface area contributed by atoms with Gasteiger partial charge in [0.15, 0.2) is 0 Å². The third kappa shape index (κ3) is 1.93. The summed E-state index contributed by atoms with van der Waals surface area (Å²) in [5.41, 5.74) is 2.39. The minimum atomic E-state index is -0.0861. The molecule has 0 unspecified atom stereocenters. The second-order valence-corrected chi connectivity index (χ2v) is 3.41. The number of nitrogens with one attached hydrogen (secondary N) is 1. The predicted molar refractivity (Wildman–Crippen MR) is 58.6 cm³/mol. The molecule has 0 bridgehead atoms. The van der Waals surface area contributed by atoms with Crippen molar-refractivity contribution in [3.05, 3.63) is 30.0 Å². The van der Waals surface area contributed by atoms with Crippen LogP contribution in [0.2, 0.25) is 0 Å². The van der Waals surface area contributed by atoms with Gasteiger partial charge in [0.1, 0.15) is 0 Å². The summed E-state index contributed by atoms with van der Waals surface area (Å²) in [6.07, 6.45) is 0. The molecule has 0 saturated carbocycles. The number of hydrogen-bond acceptors (Lipinski definition) is 3. The van der Waals surface area contributed by atoms with Crippen LogP contribution >= 0.6 is 0 Å². The van der Waals surface area contributed by atoms with Crippen LogP contribution < -0.4 is 5.32 Å². The van der Waals surface area contributed by atoms with Gasteiger partial charge in [-0.3, -0.25) is 4.79 Å². The van der Waals surface area contributed by atoms with Crippen molar-refractivity contribution in [3.63, 3.8) is 0 Å². The molecule has 0 fully saturated rings. The third-order valence-corrected chi connectivity index (χ3v) is 2.06. The number of hydrogen-bond donors (Lipinski definition) is 1. The number of carbonyl (C=O) groups excluding carboxylic acids is 1. The zero-order valence-electron chi connectivity index (χ0n) is 8.61. The van der Waals surface area contributed by atoms with E-state index in [0.29, 0.717) is 0 Å². The molecule has 2 rings (SSSR count). The maximum atomic E-state index is 11.0. The molecule has 15 heavy (non-hydrogen) atoms. The molecule has 0 aliphatic heterocycles. The second kappa shape index (κ2) is 3.65. The number of benzene rings is 1. The average molecular weight is 201 g/mol. The summed E-state index contributed by atoms with van der Waals surface area (Å²) in [6.45, 7) is 3.36. The molecular formula is C11H11N3O. The molecule has 1 N–H and O–H groups in total. The van der Waals surface area contributed by atoms with E-state index in [-0.39, 0.29) is 5.91 Å². The fraction of sp³-hybridized carbons (Fsp3) is 0.182. The smallest absolute Gasteiger partial charge is 0.221 e. The van der Waals surface area contributed by atoms with Gasteiger partial charge < -0.3 is 5.32 Å². The molecule has 0 spiro atoms. The minimum Gasteiger partial charge on any atom is -0.326 e. The number of anilines is 1. The largest absolute Gasteiger partial charge is 0.326 e. The maximum absolute atomic E-state index is 11.0. The number of amides is 1. The first-order chi connectivity index (χ1) is 7.16. The van der Waals surface area contributed by atoms with E-state index in [4.69, 9.17) is 0 Å². The van der Waals surface area contributed by atoms with Gasteiger partial charge >= 0.3 is 0 Å². The summed E-state index contributed by atoms with van der Waals surface area (Å²) in [4.78, 5) is 11.0. The van der Waals surface area contributed by atoms with E-state index >= 15 is 0 Å². The van der Waals surface area contributed by atoms with Crippen LogP contribution in [-0.4, -0.2) is 16.1 Å². The number of aryl methyl sites for hydroxylation is 1. The number of rotatable bonds is 1. The molecule has 0 radical (unpaired) electrons. The zero-order valence-corrected chi connectivity index (χ0v) is 8.61. The minimum absolute atomic E-state index is 0.0861. The Morgan fingerprint density at radius 2 is 2.13 bits per heavy atom. The quantitative estimate of drug-likeness (QED) is 0.766. The summed E-state index contributed by atoms with van der Waals surface area (Å²) < 4.78 is 0. The Hall–Kier alpha value is -1.97. The van der Waals surface area contributed by atoms with Crippen LogP contribution in [0.4, 0.5) is 5.69 Å². The molecule has 1 heterocycles. The zero-order chi connectivity index (χ0) is 10.8. The maximum Gasteiger partial charge on any atom is 0.221 e. The van der Waals surface area contributed by atoms with Crippen molar-refractivity contribution >= 4 is 22.5 Å². The Morgan fingerprint density at radius 1 is 1.33 bits per heavy atom. The Labute approximate surface area is 87.3 Å². The molecule has 1 amide bonds. The number of fused-ring (bicyclic) bond motifs is 1. The summed E-state index contributed by atoms with van der Waals surface area (Å²) in [7, 11) is 0. The summed E-state index contributed by atoms with van der Waals surface area (Å²) in [5, 5.41) is 11.7. The van der Waals surface area contributed by atoms with Gasteiger partial charge in [0.2, 0.25) is 5.91 Å². The van der Waals surface area contributed by atoms with Crippen LogP contribution in [0.25, 0.3) is 10.9 Å². The lowest BCUT2D eigenvalue weighted by Crippen LogP contribution is -2.06. The van der Waals surface area contributed by atoms with Crippen LogP contribution in [0.5, 0.6) is 0 Å². The van der Waals surface area contributed by atoms with Gasteiger partial charge in [-0.15, -0.1) is 0 Å². The molecule has 0 atom stereocenters. The van der Waals surface area contributed by atoms with E-state index in [1.807, 2.05) is 31.2 Å². The van der Waals surface area contributed by atoms with Crippen LogP contribution in [0.3, 0.4) is 0 Å². The first kappa shape index (κ1) is 9.58. The molecule has 0 saturated heterocycles. The van der Waals surface area contributed by atoms with Gasteiger partial charge in [0, 0.05) is 12.3 Å². The molecule has 0 aliphatic carbocycles. The highest BCUT2D eigenvalue weighted by Crippen LogP contribution is 2.21. The van der Waals surface area contributed by atoms with Crippen LogP contribution in [0.15, 0.2) is 24.3 Å². The van der Waals surface area contributed by atoms with Crippen LogP contribution in [0, 0.1) is 6.92 Å². The van der Waals surface area contributed by atoms with Crippen molar-refractivity contribution in [1.82, 2.24) is 10.2 Å². The predicted octanol–water partition coefficient (Wildman–Crippen LogP) is 1.90. The van der Waals surface area contributed by atoms with Gasteiger partial charge in [-0.05, 0) is 25.1 Å². The van der Waals surface area contributed by atoms with Gasteiger partial charge in [0.05, 0.1) is 16.9 Å². The first-order valence-electron chi connectivity index (χ1n) is 4.67. The van der Waals surface area contributed by atoms with E-state index in [0.717, 1.165) is 22.3 Å². The third-order valence-electron chi connectivity index (χ3n) is 2.06. The Bertz CT molecular complexity index is 522. The Morgan fingerprint density at radius 3 is 2.87 bits per heavy atom. The highest BCUT2D eigenvalue weighted by molar-refractivity contribution is 6.00. The van der Waals surface area contributed by atoms with E-state index in [1.165, 1.54) is 6.92 Å². The molecule has 2 aromatic rings. The molecule has 0 aliphatic rings. The van der Waals surface area contributed by atoms with Crippen molar-refractivity contribution in [1.29, 1.82) is 0 Å². The lowest BCUT2D eigenvalue weighted by molar-refractivity contribution is -0.114. The topological polar surface area (TPSA) is 54.9 Å².